The molecule has 27 heavy (non-hydrogen) atoms. The molecule has 2 N–H and O–H groups in total. The highest BCUT2D eigenvalue weighted by Crippen LogP contribution is 2.17. The van der Waals surface area contributed by atoms with E-state index in [1.54, 1.807) is 31.4 Å². The lowest BCUT2D eigenvalue weighted by Gasteiger charge is -2.09. The van der Waals surface area contributed by atoms with Crippen LogP contribution in [0.25, 0.3) is 0 Å². The molecule has 6 nitrogen and oxygen atoms in total. The first-order valence-corrected chi connectivity index (χ1v) is 8.42. The number of methoxy groups -OCH3 is 1. The van der Waals surface area contributed by atoms with Crippen LogP contribution in [-0.4, -0.2) is 29.8 Å². The predicted molar refractivity (Wildman–Crippen MR) is 101 cm³/mol. The molecule has 7 heteroatoms. The average Bonchev–Trinajstić information content (AvgIpc) is 2.70. The summed E-state index contributed by atoms with van der Waals surface area (Å²) in [5.41, 5.74) is 1.92. The highest BCUT2D eigenvalue weighted by Gasteiger charge is 2.09. The van der Waals surface area contributed by atoms with Crippen molar-refractivity contribution < 1.29 is 13.9 Å². The number of nitrogens with one attached hydrogen (secondary N) is 2. The third-order valence-electron chi connectivity index (χ3n) is 3.89. The van der Waals surface area contributed by atoms with Crippen LogP contribution in [0.3, 0.4) is 0 Å². The maximum Gasteiger partial charge on any atom is 0.271 e. The summed E-state index contributed by atoms with van der Waals surface area (Å²) < 4.78 is 18.2. The minimum absolute atomic E-state index is 0.222. The van der Waals surface area contributed by atoms with Crippen LogP contribution in [-0.2, 0) is 6.42 Å². The third-order valence-corrected chi connectivity index (χ3v) is 3.89. The summed E-state index contributed by atoms with van der Waals surface area (Å²) in [6.07, 6.45) is 0.646. The van der Waals surface area contributed by atoms with Gasteiger partial charge in [0.2, 0.25) is 0 Å². The van der Waals surface area contributed by atoms with Gasteiger partial charge in [0.1, 0.15) is 11.6 Å². The Morgan fingerprint density at radius 1 is 1.04 bits per heavy atom. The molecule has 0 aliphatic carbocycles. The zero-order chi connectivity index (χ0) is 19.1. The molecule has 0 unspecified atom stereocenters. The summed E-state index contributed by atoms with van der Waals surface area (Å²) in [6.45, 7) is 0.455. The first-order valence-electron chi connectivity index (χ1n) is 8.42. The van der Waals surface area contributed by atoms with Crippen molar-refractivity contribution in [2.75, 3.05) is 19.0 Å². The number of amides is 1. The SMILES string of the molecule is COc1ccccc1CCNC(=O)c1ccc(Nc2ccc(F)cc2)nn1. The molecule has 1 amide bonds. The van der Waals surface area contributed by atoms with E-state index < -0.39 is 0 Å². The van der Waals surface area contributed by atoms with Crippen molar-refractivity contribution in [1.82, 2.24) is 15.5 Å². The minimum Gasteiger partial charge on any atom is -0.496 e. The van der Waals surface area contributed by atoms with Crippen molar-refractivity contribution in [3.63, 3.8) is 0 Å². The van der Waals surface area contributed by atoms with E-state index in [-0.39, 0.29) is 17.4 Å². The number of rotatable bonds is 7. The van der Waals surface area contributed by atoms with Gasteiger partial charge in [0.15, 0.2) is 11.5 Å². The number of halogens is 1. The molecule has 1 heterocycles. The van der Waals surface area contributed by atoms with Crippen LogP contribution in [0.1, 0.15) is 16.1 Å². The van der Waals surface area contributed by atoms with E-state index in [1.165, 1.54) is 12.1 Å². The normalized spacial score (nSPS) is 10.3. The molecule has 0 saturated carbocycles. The van der Waals surface area contributed by atoms with Crippen LogP contribution in [0.2, 0.25) is 0 Å². The summed E-state index contributed by atoms with van der Waals surface area (Å²) in [7, 11) is 1.62. The maximum atomic E-state index is 12.9. The first kappa shape index (κ1) is 18.3. The number of nitrogens with zero attached hydrogens (tertiary/aromatic N) is 2. The van der Waals surface area contributed by atoms with E-state index in [1.807, 2.05) is 24.3 Å². The van der Waals surface area contributed by atoms with Gasteiger partial charge < -0.3 is 15.4 Å². The Kier molecular flexibility index (Phi) is 5.94. The third kappa shape index (κ3) is 5.01. The van der Waals surface area contributed by atoms with Gasteiger partial charge in [-0.05, 0) is 54.4 Å². The number of ether oxygens (including phenoxy) is 1. The van der Waals surface area contributed by atoms with E-state index >= 15 is 0 Å². The zero-order valence-electron chi connectivity index (χ0n) is 14.8. The molecule has 0 radical (unpaired) electrons. The molecule has 0 aliphatic rings. The van der Waals surface area contributed by atoms with Crippen LogP contribution < -0.4 is 15.4 Å². The molecular formula is C20H19FN4O2. The summed E-state index contributed by atoms with van der Waals surface area (Å²) in [5.74, 6) is 0.646. The number of benzene rings is 2. The largest absolute Gasteiger partial charge is 0.496 e. The molecule has 0 spiro atoms. The second kappa shape index (κ2) is 8.75. The van der Waals surface area contributed by atoms with Crippen molar-refractivity contribution >= 4 is 17.4 Å². The van der Waals surface area contributed by atoms with Gasteiger partial charge in [-0.2, -0.15) is 0 Å². The fourth-order valence-corrected chi connectivity index (χ4v) is 2.51. The molecule has 0 saturated heterocycles. The predicted octanol–water partition coefficient (Wildman–Crippen LogP) is 3.34. The monoisotopic (exact) mass is 366 g/mol. The van der Waals surface area contributed by atoms with Gasteiger partial charge in [0.25, 0.3) is 5.91 Å². The summed E-state index contributed by atoms with van der Waals surface area (Å²) in [5, 5.41) is 13.7. The molecule has 2 aromatic carbocycles. The van der Waals surface area contributed by atoms with Gasteiger partial charge in [-0.25, -0.2) is 4.39 Å². The van der Waals surface area contributed by atoms with Crippen molar-refractivity contribution in [3.8, 4) is 5.75 Å². The number of anilines is 2. The van der Waals surface area contributed by atoms with Crippen molar-refractivity contribution in [1.29, 1.82) is 0 Å². The molecule has 1 aromatic heterocycles. The zero-order valence-corrected chi connectivity index (χ0v) is 14.8. The van der Waals surface area contributed by atoms with Gasteiger partial charge in [-0.3, -0.25) is 4.79 Å². The molecule has 0 bridgehead atoms. The van der Waals surface area contributed by atoms with Gasteiger partial charge in [0, 0.05) is 12.2 Å². The Bertz CT molecular complexity index is 899. The topological polar surface area (TPSA) is 76.1 Å². The Balaban J connectivity index is 1.53. The van der Waals surface area contributed by atoms with Crippen LogP contribution >= 0.6 is 0 Å². The van der Waals surface area contributed by atoms with E-state index in [0.29, 0.717) is 24.5 Å². The lowest BCUT2D eigenvalue weighted by molar-refractivity contribution is 0.0948. The Morgan fingerprint density at radius 2 is 1.81 bits per heavy atom. The van der Waals surface area contributed by atoms with Crippen LogP contribution in [0, 0.1) is 5.82 Å². The van der Waals surface area contributed by atoms with Gasteiger partial charge >= 0.3 is 0 Å². The van der Waals surface area contributed by atoms with E-state index in [0.717, 1.165) is 11.3 Å². The number of carbonyl (C=O) groups excluding carboxylic acids is 1. The number of hydrogen-bond donors (Lipinski definition) is 2. The van der Waals surface area contributed by atoms with Gasteiger partial charge in [-0.1, -0.05) is 18.2 Å². The molecule has 138 valence electrons. The van der Waals surface area contributed by atoms with Crippen molar-refractivity contribution in [3.05, 3.63) is 77.7 Å². The standard InChI is InChI=1S/C20H19FN4O2/c1-27-18-5-3-2-4-14(18)12-13-22-20(26)17-10-11-19(25-24-17)23-16-8-6-15(21)7-9-16/h2-11H,12-13H2,1H3,(H,22,26)(H,23,25). The quantitative estimate of drug-likeness (QED) is 0.671. The lowest BCUT2D eigenvalue weighted by atomic mass is 10.1. The van der Waals surface area contributed by atoms with Crippen molar-refractivity contribution in [2.45, 2.75) is 6.42 Å². The fraction of sp³-hybridized carbons (Fsp3) is 0.150. The fourth-order valence-electron chi connectivity index (χ4n) is 2.51. The van der Waals surface area contributed by atoms with E-state index in [4.69, 9.17) is 4.74 Å². The summed E-state index contributed by atoms with van der Waals surface area (Å²) in [4.78, 5) is 12.2. The second-order valence-corrected chi connectivity index (χ2v) is 5.75. The second-order valence-electron chi connectivity index (χ2n) is 5.75. The highest BCUT2D eigenvalue weighted by atomic mass is 19.1. The maximum absolute atomic E-state index is 12.9. The first-order chi connectivity index (χ1) is 13.2. The Morgan fingerprint density at radius 3 is 2.52 bits per heavy atom. The molecule has 0 atom stereocenters. The van der Waals surface area contributed by atoms with E-state index in [2.05, 4.69) is 20.8 Å². The molecule has 0 aliphatic heterocycles. The van der Waals surface area contributed by atoms with Crippen LogP contribution in [0.4, 0.5) is 15.9 Å². The van der Waals surface area contributed by atoms with Crippen LogP contribution in [0.15, 0.2) is 60.7 Å². The number of hydrogen-bond acceptors (Lipinski definition) is 5. The molecular weight excluding hydrogens is 347 g/mol. The summed E-state index contributed by atoms with van der Waals surface area (Å²) >= 11 is 0. The molecule has 3 aromatic rings. The van der Waals surface area contributed by atoms with E-state index in [9.17, 15) is 9.18 Å². The summed E-state index contributed by atoms with van der Waals surface area (Å²) in [6, 6.07) is 16.8. The Labute approximate surface area is 156 Å². The Hall–Kier alpha value is -3.48. The molecule has 0 fully saturated rings. The highest BCUT2D eigenvalue weighted by molar-refractivity contribution is 5.92. The van der Waals surface area contributed by atoms with Crippen molar-refractivity contribution in [2.24, 2.45) is 0 Å². The number of carbonyl (C=O) groups is 1. The smallest absolute Gasteiger partial charge is 0.271 e. The average molecular weight is 366 g/mol. The minimum atomic E-state index is -0.313. The number of para-hydroxylation sites is 1. The number of aromatic nitrogens is 2. The lowest BCUT2D eigenvalue weighted by Crippen LogP contribution is -2.26. The molecule has 3 rings (SSSR count). The van der Waals surface area contributed by atoms with Gasteiger partial charge in [-0.15, -0.1) is 10.2 Å². The van der Waals surface area contributed by atoms with Crippen LogP contribution in [0.5, 0.6) is 5.75 Å². The van der Waals surface area contributed by atoms with Gasteiger partial charge in [0.05, 0.1) is 7.11 Å².